The molecule has 0 amide bonds. The standard InChI is InChI=1S/C29H34ClN7OS2.C25H26ClN7S.C24H30BrN5OS.C7H5BrClN3.C6H9BrClN3.C6H8BrClN2/c1-18-15-22(37-17-33-34-27(37)24(18)39-21-9-12-32-26(31)23(21)30)36-13-10-29(11-14-36)16-19-7-5-6-8-20(19)25(29)35-40(38)28(2,3)4;1-15-12-19(32-10-7-25(8-11-32)13-16-4-2-3-5-17(16)22(25)27)33-14-30-31-24(33)21(15)34-18-6-9-29-23(28)20(18)26;1-16-13-19(30-15-26-27-22(30)20(16)25)29-11-9-24(10-12-29)14-17-7-5-6-8-18(17)21(24)28-32(31)23(2,3)4;1-4-2-5(9)12-3-10-11-7(12)6(4)8;1-4(2-3-8)5(7)6(9)11-10;1-4(2-3-8)5(7)6(9)10/h5-9,12,15,17,25,35H,10-11,13-14,16H2,1-4H3,(H2,31,32);2-6,9,12,14,22H,7-8,10-11,13,27H2,1H3,(H2,28,29);5-8,13,15,21,28H,9-12,14H2,1-4H3;2-3H,1H3;2-3H,10H2,1H3,(H2,9,11);2-3H,1H3,(H3,9,10)/b;;;;2*3-2+,5-4+/t25-,40-;22-;21-,32-;;;/m111.../s1. The zero-order valence-corrected chi connectivity index (χ0v) is 92.3. The Balaban J connectivity index is 0.000000143. The molecule has 3 aliphatic carbocycles. The number of aromatic nitrogens is 14. The third-order valence-electron chi connectivity index (χ3n) is 26.3. The van der Waals surface area contributed by atoms with Crippen LogP contribution in [0.1, 0.15) is 168 Å². The quantitative estimate of drug-likeness (QED) is 0.0115. The van der Waals surface area contributed by atoms with Gasteiger partial charge in [-0.2, -0.15) is 5.10 Å². The third-order valence-corrected chi connectivity index (χ3v) is 37.6. The van der Waals surface area contributed by atoms with Crippen LogP contribution in [0.4, 0.5) is 29.1 Å². The molecule has 0 saturated carbocycles. The number of fused-ring (bicyclic) bond motifs is 7. The van der Waals surface area contributed by atoms with Gasteiger partial charge in [-0.25, -0.2) is 27.8 Å². The number of amidine groups is 2. The van der Waals surface area contributed by atoms with Gasteiger partial charge in [-0.1, -0.05) is 154 Å². The van der Waals surface area contributed by atoms with Crippen molar-refractivity contribution in [1.29, 1.82) is 5.41 Å². The van der Waals surface area contributed by atoms with E-state index in [-0.39, 0.29) is 55.5 Å². The highest BCUT2D eigenvalue weighted by Gasteiger charge is 2.52. The van der Waals surface area contributed by atoms with Crippen LogP contribution in [0, 0.1) is 49.3 Å². The maximum Gasteiger partial charge on any atom is 0.176 e. The number of pyridine rings is 6. The molecule has 19 rings (SSSR count). The fourth-order valence-electron chi connectivity index (χ4n) is 18.6. The van der Waals surface area contributed by atoms with Gasteiger partial charge in [-0.3, -0.25) is 23.0 Å². The number of hydrogen-bond acceptors (Lipinski definition) is 23. The Morgan fingerprint density at radius 3 is 1.24 bits per heavy atom. The van der Waals surface area contributed by atoms with Crippen LogP contribution in [0.3, 0.4) is 0 Å². The second-order valence-corrected chi connectivity index (χ2v) is 48.3. The van der Waals surface area contributed by atoms with Crippen molar-refractivity contribution < 1.29 is 8.42 Å². The van der Waals surface area contributed by atoms with Gasteiger partial charge >= 0.3 is 0 Å². The number of nitrogens with one attached hydrogen (secondary N) is 3. The van der Waals surface area contributed by atoms with Gasteiger partial charge in [0.15, 0.2) is 28.4 Å². The van der Waals surface area contributed by atoms with E-state index in [1.807, 2.05) is 80.5 Å². The number of benzene rings is 3. The number of nitrogen functional groups attached to an aromatic ring is 2. The van der Waals surface area contributed by atoms with E-state index in [2.05, 4.69) is 269 Å². The Morgan fingerprint density at radius 1 is 0.511 bits per heavy atom. The topological polar surface area (TPSA) is 407 Å². The number of nitrogens with zero attached hydrogens (tertiary/aromatic N) is 18. The summed E-state index contributed by atoms with van der Waals surface area (Å²) in [6.07, 6.45) is 22.9. The van der Waals surface area contributed by atoms with Crippen molar-refractivity contribution in [2.24, 2.45) is 44.4 Å². The van der Waals surface area contributed by atoms with E-state index in [4.69, 9.17) is 97.9 Å². The number of nitrogens with two attached hydrogens (primary N) is 6. The van der Waals surface area contributed by atoms with Gasteiger partial charge in [0.2, 0.25) is 0 Å². The summed E-state index contributed by atoms with van der Waals surface area (Å²) >= 11 is 45.9. The monoisotopic (exact) mass is 2310 g/mol. The van der Waals surface area contributed by atoms with Crippen molar-refractivity contribution >= 4 is 231 Å². The van der Waals surface area contributed by atoms with Crippen molar-refractivity contribution in [3.05, 3.63) is 270 Å². The highest BCUT2D eigenvalue weighted by molar-refractivity contribution is 9.12. The molecule has 13 heterocycles. The minimum atomic E-state index is -1.15. The summed E-state index contributed by atoms with van der Waals surface area (Å²) in [7, 11) is -2.27. The van der Waals surface area contributed by atoms with Crippen LogP contribution in [-0.2, 0) is 41.2 Å². The Labute approximate surface area is 881 Å². The van der Waals surface area contributed by atoms with Crippen molar-refractivity contribution in [3.63, 3.8) is 0 Å². The molecule has 42 heteroatoms. The molecular formula is C97H112Br4Cl5N27O2S4. The summed E-state index contributed by atoms with van der Waals surface area (Å²) in [5, 5.41) is 45.4. The van der Waals surface area contributed by atoms with Crippen LogP contribution >= 0.6 is 145 Å². The molecule has 15 N–H and O–H groups in total. The lowest BCUT2D eigenvalue weighted by molar-refractivity contribution is 0.177. The van der Waals surface area contributed by atoms with Crippen LogP contribution < -0.4 is 58.7 Å². The molecule has 3 aromatic carbocycles. The minimum absolute atomic E-state index is 0.00673. The molecule has 3 aliphatic heterocycles. The SMILES string of the molecule is CC(/C=C/Cl)=C(\Br)C(=N)N.CC(/C=C/Cl)=C(\Br)C(N)=NN.Cc1cc(Cl)n2cnnc2c1Br.Cc1cc(N2CCC3(CC2)Cc2ccccc2[C@H]3N)n2cnnc2c1Sc1ccnc(N)c1Cl.Cc1cc(N2CCC3(CC2)Cc2ccccc2[C@H]3N[S@](=O)C(C)(C)C)n2cnnc2c1Br.Cc1cc(N2CCC3(CC2)Cc2ccccc2[C@H]3N[S@](=O)C(C)(C)C)n2cnnc2c1Sc1ccnc(N)c1Cl. The molecule has 139 heavy (non-hydrogen) atoms. The molecule has 10 aromatic heterocycles. The molecule has 5 atom stereocenters. The van der Waals surface area contributed by atoms with Gasteiger partial charge in [0.25, 0.3) is 0 Å². The second-order valence-electron chi connectivity index (χ2n) is 37.3. The smallest absolute Gasteiger partial charge is 0.176 e. The summed E-state index contributed by atoms with van der Waals surface area (Å²) in [5.74, 6) is 9.17. The van der Waals surface area contributed by atoms with Crippen LogP contribution in [0.2, 0.25) is 15.2 Å². The number of piperidine rings is 3. The first kappa shape index (κ1) is 106. The molecule has 3 saturated heterocycles. The highest BCUT2D eigenvalue weighted by atomic mass is 79.9. The molecule has 3 fully saturated rings. The number of hydrogen-bond donors (Lipinski definition) is 9. The van der Waals surface area contributed by atoms with E-state index in [1.165, 1.54) is 56.2 Å². The molecule has 3 spiro atoms. The molecule has 0 bridgehead atoms. The normalized spacial score (nSPS) is 18.3. The second kappa shape index (κ2) is 45.1. The maximum atomic E-state index is 13.3. The van der Waals surface area contributed by atoms with Crippen LogP contribution in [0.15, 0.2) is 224 Å². The number of allylic oxidation sites excluding steroid dienone is 4. The third kappa shape index (κ3) is 23.1. The van der Waals surface area contributed by atoms with Crippen molar-refractivity contribution in [3.8, 4) is 0 Å². The van der Waals surface area contributed by atoms with E-state index in [9.17, 15) is 8.42 Å². The first-order valence-corrected chi connectivity index (χ1v) is 54.0. The first-order valence-electron chi connectivity index (χ1n) is 44.9. The van der Waals surface area contributed by atoms with Crippen molar-refractivity contribution in [2.75, 3.05) is 65.4 Å². The summed E-state index contributed by atoms with van der Waals surface area (Å²) in [5.41, 5.74) is 49.7. The van der Waals surface area contributed by atoms with Crippen LogP contribution in [0.25, 0.3) is 22.6 Å². The Morgan fingerprint density at radius 2 is 0.849 bits per heavy atom. The van der Waals surface area contributed by atoms with E-state index in [0.29, 0.717) is 35.8 Å². The Bertz CT molecular complexity index is 6950. The lowest BCUT2D eigenvalue weighted by Crippen LogP contribution is -2.48. The predicted octanol–water partition coefficient (Wildman–Crippen LogP) is 21.6. The summed E-state index contributed by atoms with van der Waals surface area (Å²) in [6, 6.07) is 38.5. The van der Waals surface area contributed by atoms with E-state index in [0.717, 1.165) is 199 Å². The van der Waals surface area contributed by atoms with Crippen LogP contribution in [-0.4, -0.2) is 137 Å². The molecule has 0 radical (unpaired) electrons. The Hall–Kier alpha value is -8.61. The molecule has 0 unspecified atom stereocenters. The van der Waals surface area contributed by atoms with Crippen molar-refractivity contribution in [2.45, 2.75) is 188 Å². The molecule has 734 valence electrons. The number of halogens is 9. The van der Waals surface area contributed by atoms with E-state index < -0.39 is 22.0 Å². The average molecular weight is 2310 g/mol. The number of hydrazone groups is 1. The van der Waals surface area contributed by atoms with Crippen LogP contribution in [0.5, 0.6) is 0 Å². The number of anilines is 5. The fraction of sp³-hybridized carbons (Fsp3) is 0.361. The fourth-order valence-corrected chi connectivity index (χ4v) is 24.7. The molecule has 29 nitrogen and oxygen atoms in total. The summed E-state index contributed by atoms with van der Waals surface area (Å²) in [4.78, 5) is 19.1. The van der Waals surface area contributed by atoms with Gasteiger partial charge < -0.3 is 49.2 Å². The van der Waals surface area contributed by atoms with Gasteiger partial charge in [-0.05, 0) is 336 Å². The summed E-state index contributed by atoms with van der Waals surface area (Å²) in [6.45, 7) is 29.7. The first-order chi connectivity index (χ1) is 66.2. The van der Waals surface area contributed by atoms with E-state index in [1.54, 1.807) is 66.0 Å². The summed E-state index contributed by atoms with van der Waals surface area (Å²) < 4.78 is 43.9. The predicted molar refractivity (Wildman–Crippen MR) is 584 cm³/mol. The number of rotatable bonds is 15. The molecule has 13 aromatic rings. The highest BCUT2D eigenvalue weighted by Crippen LogP contribution is 2.57. The van der Waals surface area contributed by atoms with E-state index >= 15 is 0 Å². The van der Waals surface area contributed by atoms with Gasteiger partial charge in [0.05, 0.1) is 81.3 Å². The zero-order valence-electron chi connectivity index (χ0n) is 78.9. The van der Waals surface area contributed by atoms with Gasteiger partial charge in [-0.15, -0.1) is 40.8 Å². The Kier molecular flexibility index (Phi) is 34.5. The van der Waals surface area contributed by atoms with Gasteiger partial charge in [0, 0.05) is 78.6 Å². The largest absolute Gasteiger partial charge is 0.383 e. The van der Waals surface area contributed by atoms with Crippen molar-refractivity contribution in [1.82, 2.24) is 77.8 Å². The lowest BCUT2D eigenvalue weighted by atomic mass is 9.73. The zero-order chi connectivity index (χ0) is 100. The lowest BCUT2D eigenvalue weighted by Gasteiger charge is -2.44. The average Bonchev–Trinajstić information content (AvgIpc) is 1.58. The van der Waals surface area contributed by atoms with Gasteiger partial charge in [0.1, 0.15) is 65.4 Å². The molecular weight excluding hydrogens is 2200 g/mol. The molecule has 6 aliphatic rings. The minimum Gasteiger partial charge on any atom is -0.383 e. The number of aryl methyl sites for hydroxylation is 4. The maximum absolute atomic E-state index is 13.3.